The average molecular weight is 2050 g/mol. The molecule has 0 heterocycles. The number of methoxy groups -OCH3 is 15. The van der Waals surface area contributed by atoms with Gasteiger partial charge in [0.15, 0.2) is 0 Å². The van der Waals surface area contributed by atoms with Crippen molar-refractivity contribution in [3.63, 3.8) is 0 Å². The summed E-state index contributed by atoms with van der Waals surface area (Å²) in [5.74, 6) is 9.29. The molecule has 143 heavy (non-hydrogen) atoms. The highest BCUT2D eigenvalue weighted by atomic mass is 16.6. The van der Waals surface area contributed by atoms with Gasteiger partial charge in [0.1, 0.15) is 117 Å². The largest absolute Gasteiger partial charge is 0.491 e. The Kier molecular flexibility index (Phi) is 97.4. The minimum Gasteiger partial charge on any atom is -0.491 e. The summed E-state index contributed by atoms with van der Waals surface area (Å²) in [5.41, 5.74) is 4.17. The van der Waals surface area contributed by atoms with Crippen LogP contribution in [0.2, 0.25) is 0 Å². The van der Waals surface area contributed by atoms with E-state index in [4.69, 9.17) is 156 Å². The third-order valence-electron chi connectivity index (χ3n) is 19.2. The molecule has 0 saturated carbocycles. The van der Waals surface area contributed by atoms with Crippen molar-refractivity contribution >= 4 is 5.91 Å². The predicted octanol–water partition coefficient (Wildman–Crippen LogP) is 15.0. The Morgan fingerprint density at radius 2 is 0.434 bits per heavy atom. The van der Waals surface area contributed by atoms with E-state index >= 15 is 0 Å². The van der Waals surface area contributed by atoms with E-state index in [9.17, 15) is 4.79 Å². The first-order chi connectivity index (χ1) is 69.2. The van der Waals surface area contributed by atoms with Crippen LogP contribution in [-0.4, -0.2) is 400 Å². The Morgan fingerprint density at radius 3 is 0.650 bits per heavy atom. The molecule has 0 N–H and O–H groups in total. The molecule has 0 unspecified atom stereocenters. The van der Waals surface area contributed by atoms with Crippen LogP contribution in [0.3, 0.4) is 0 Å². The number of hydrogen-bond donors (Lipinski definition) is 0. The second-order valence-corrected chi connectivity index (χ2v) is 35.7. The molecule has 4 aromatic carbocycles. The molecule has 0 radical (unpaired) electrons. The lowest BCUT2D eigenvalue weighted by molar-refractivity contribution is -0.133. The van der Waals surface area contributed by atoms with Crippen LogP contribution in [0.15, 0.2) is 72.8 Å². The maximum atomic E-state index is 11.8. The molecule has 0 fully saturated rings. The van der Waals surface area contributed by atoms with Crippen LogP contribution in [-0.2, 0) is 149 Å². The molecule has 0 bridgehead atoms. The lowest BCUT2D eigenvalue weighted by Crippen LogP contribution is -2.37. The summed E-state index contributed by atoms with van der Waals surface area (Å²) < 4.78 is 180. The van der Waals surface area contributed by atoms with Gasteiger partial charge in [0.2, 0.25) is 5.91 Å². The number of carbonyl (C=O) groups excluding carboxylic acids is 1. The minimum absolute atomic E-state index is 0.0267. The summed E-state index contributed by atoms with van der Waals surface area (Å²) in [4.78, 5) is 13.6. The van der Waals surface area contributed by atoms with E-state index in [0.717, 1.165) is 54.1 Å². The summed E-state index contributed by atoms with van der Waals surface area (Å²) in [6.07, 6.45) is 3.07. The fourth-order valence-electron chi connectivity index (χ4n) is 12.3. The van der Waals surface area contributed by atoms with Gasteiger partial charge in [-0.3, -0.25) is 4.79 Å². The van der Waals surface area contributed by atoms with Crippen molar-refractivity contribution in [3.05, 3.63) is 95.1 Å². The Morgan fingerprint density at radius 1 is 0.217 bits per heavy atom. The van der Waals surface area contributed by atoms with E-state index in [0.29, 0.717) is 347 Å². The summed E-state index contributed by atoms with van der Waals surface area (Å²) in [7, 11) is 24.8. The van der Waals surface area contributed by atoms with Crippen molar-refractivity contribution in [3.8, 4) is 46.0 Å². The van der Waals surface area contributed by atoms with Crippen LogP contribution in [0.1, 0.15) is 118 Å². The summed E-state index contributed by atoms with van der Waals surface area (Å²) in [6.45, 7) is 48.2. The Balaban J connectivity index is 0. The first-order valence-corrected chi connectivity index (χ1v) is 50.3. The summed E-state index contributed by atoms with van der Waals surface area (Å²) in [6, 6.07) is 23.6. The van der Waals surface area contributed by atoms with Gasteiger partial charge in [0, 0.05) is 170 Å². The van der Waals surface area contributed by atoms with Crippen LogP contribution >= 0.6 is 0 Å². The zero-order valence-electron chi connectivity index (χ0n) is 93.1. The number of carbonyl (C=O) groups is 1. The van der Waals surface area contributed by atoms with Crippen molar-refractivity contribution in [1.82, 2.24) is 4.90 Å². The first-order valence-electron chi connectivity index (χ1n) is 50.3. The maximum Gasteiger partial charge on any atom is 0.222 e. The number of ether oxygens (including phenoxy) is 33. The third-order valence-corrected chi connectivity index (χ3v) is 19.2. The van der Waals surface area contributed by atoms with Gasteiger partial charge in [-0.25, -0.2) is 0 Å². The van der Waals surface area contributed by atoms with Crippen molar-refractivity contribution in [1.29, 1.82) is 0 Å². The van der Waals surface area contributed by atoms with E-state index in [1.165, 1.54) is 5.56 Å². The van der Waals surface area contributed by atoms with E-state index in [1.807, 2.05) is 62.4 Å². The lowest BCUT2D eigenvalue weighted by atomic mass is 9.98. The molecule has 0 aromatic heterocycles. The second-order valence-electron chi connectivity index (χ2n) is 35.7. The number of nitrogens with zero attached hydrogens (tertiary/aromatic N) is 1. The first kappa shape index (κ1) is 139. The molecule has 4 aromatic rings. The van der Waals surface area contributed by atoms with Gasteiger partial charge in [0.25, 0.3) is 0 Å². The van der Waals surface area contributed by atoms with Gasteiger partial charge in [-0.1, -0.05) is 83.1 Å². The Bertz CT molecular complexity index is 3150. The molecule has 1 amide bonds. The molecule has 836 valence electrons. The van der Waals surface area contributed by atoms with Gasteiger partial charge < -0.3 is 161 Å². The molecule has 35 nitrogen and oxygen atoms in total. The summed E-state index contributed by atoms with van der Waals surface area (Å²) in [5, 5.41) is 0. The monoisotopic (exact) mass is 2050 g/mol. The van der Waals surface area contributed by atoms with E-state index in [-0.39, 0.29) is 30.1 Å². The topological polar surface area (TPSA) is 325 Å². The van der Waals surface area contributed by atoms with Crippen LogP contribution < -0.4 is 37.9 Å². The predicted molar refractivity (Wildman–Crippen MR) is 556 cm³/mol. The molecule has 0 aliphatic rings. The molecule has 0 aliphatic carbocycles. The average Bonchev–Trinajstić information content (AvgIpc) is 0.847. The van der Waals surface area contributed by atoms with Crippen molar-refractivity contribution in [2.75, 3.05) is 371 Å². The fraction of sp³-hybridized carbons (Fsp3) is 0.769. The number of hydrogen-bond acceptors (Lipinski definition) is 34. The van der Waals surface area contributed by atoms with Crippen LogP contribution in [0.25, 0.3) is 0 Å². The van der Waals surface area contributed by atoms with E-state index < -0.39 is 0 Å². The quantitative estimate of drug-likeness (QED) is 0.0371. The zero-order valence-corrected chi connectivity index (χ0v) is 93.1. The highest BCUT2D eigenvalue weighted by Gasteiger charge is 2.22. The molecule has 35 heteroatoms. The van der Waals surface area contributed by atoms with E-state index in [1.54, 1.807) is 112 Å². The maximum absolute atomic E-state index is 11.8. The molecule has 0 aliphatic heterocycles. The molecule has 0 saturated heterocycles. The normalized spacial score (nSPS) is 11.3. The Labute approximate surface area is 861 Å². The molecule has 4 rings (SSSR count). The van der Waals surface area contributed by atoms with Gasteiger partial charge >= 0.3 is 0 Å². The van der Waals surface area contributed by atoms with Gasteiger partial charge in [-0.05, 0) is 126 Å². The number of amides is 1. The van der Waals surface area contributed by atoms with Crippen molar-refractivity contribution < 1.29 is 161 Å². The van der Waals surface area contributed by atoms with E-state index in [2.05, 4.69) is 93.5 Å². The zero-order chi connectivity index (χ0) is 106. The minimum atomic E-state index is -0.177. The van der Waals surface area contributed by atoms with Crippen LogP contribution in [0.4, 0.5) is 0 Å². The molecule has 0 atom stereocenters. The smallest absolute Gasteiger partial charge is 0.222 e. The van der Waals surface area contributed by atoms with Gasteiger partial charge in [-0.2, -0.15) is 0 Å². The highest BCUT2D eigenvalue weighted by molar-refractivity contribution is 5.76. The Hall–Kier alpha value is -6.25. The highest BCUT2D eigenvalue weighted by Crippen LogP contribution is 2.31. The van der Waals surface area contributed by atoms with Gasteiger partial charge in [0.05, 0.1) is 198 Å². The summed E-state index contributed by atoms with van der Waals surface area (Å²) >= 11 is 0. The van der Waals surface area contributed by atoms with Crippen molar-refractivity contribution in [2.45, 2.75) is 140 Å². The third kappa shape index (κ3) is 87.3. The lowest BCUT2D eigenvalue weighted by Gasteiger charge is -2.26. The molecular weight excluding hydrogens is 1860 g/mol. The number of rotatable bonds is 88. The fourth-order valence-corrected chi connectivity index (χ4v) is 12.3. The standard InChI is InChI=1S/C36H50O10.C25H52O10.C16H26O4.C13H28O5.C11H23NO3.C7H16O2/c1-27(2)15-28-16-35(45-25-29-18-31(41-11-7-37-3)22-32(19-29)42-12-8-38-4)24-36(17-28)46-26-30-20-33(43-13-9-39-5)23-34(21-30)44-14-10-40-6;1-22(2)15-23(16-34-24(18-30-11-7-26-3)19-31-12-8-27-4)17-35-25(20-32-13-9-28-5)21-33-14-10-29-6;1-13(2)9-14-10-15(19-7-5-17-3)12-16(11-14)20-8-6-18-4;1-12(2)9-18-13(10-16-7-5-14-3)11-17-8-6-15-4;1-10(2)9-11(13)12(5-7-14-3)6-8-15-4;1-7(2)6-9-5-4-8-3/h16-24,27H,7-15,25-26H2,1-6H3;22-25H,7-21H2,1-6H3;10-13H,5-9H2,1-4H3;12-13H,5-11H2,1-4H3;10H,5-9H2,1-4H3;7H,4-6H2,1-3H3. The van der Waals surface area contributed by atoms with Crippen molar-refractivity contribution in [2.24, 2.45) is 41.4 Å². The van der Waals surface area contributed by atoms with Gasteiger partial charge in [-0.15, -0.1) is 0 Å². The van der Waals surface area contributed by atoms with Crippen LogP contribution in [0, 0.1) is 41.4 Å². The van der Waals surface area contributed by atoms with Crippen LogP contribution in [0.5, 0.6) is 46.0 Å². The number of benzene rings is 4. The molecular formula is C108H195NO34. The second kappa shape index (κ2) is 100. The molecule has 0 spiro atoms. The SMILES string of the molecule is COCCN(CCOC)C(=O)CC(C)C.COCCOCC(C)C.COCCOCC(COCCOC)OCC(C)C.COCCOCC(COCCOC)OCC(COC(COCCOC)COCCOC)CC(C)C.COCCOc1cc(CC(C)C)cc(OCCOC)c1.COCCOc1cc(COc2cc(CC(C)C)cc(OCc3cc(OCCOC)cc(OCCOC)c3)c2)cc(OCCOC)c1.